The summed E-state index contributed by atoms with van der Waals surface area (Å²) in [5.41, 5.74) is 5.06. The molecule has 0 bridgehead atoms. The number of fused-ring (bicyclic) bond motifs is 1. The molecule has 1 saturated heterocycles. The number of pyridine rings is 2. The molecule has 1 aromatic carbocycles. The Morgan fingerprint density at radius 2 is 1.83 bits per heavy atom. The number of anilines is 1. The molecular weight excluding hydrogens is 366 g/mol. The second kappa shape index (κ2) is 7.52. The van der Waals surface area contributed by atoms with Gasteiger partial charge < -0.3 is 14.4 Å². The van der Waals surface area contributed by atoms with Crippen LogP contribution < -0.4 is 9.64 Å². The Bertz CT molecular complexity index is 1130. The fourth-order valence-corrected chi connectivity index (χ4v) is 3.62. The Morgan fingerprint density at radius 3 is 2.62 bits per heavy atom. The van der Waals surface area contributed by atoms with E-state index in [1.807, 2.05) is 30.6 Å². The normalized spacial score (nSPS) is 14.3. The summed E-state index contributed by atoms with van der Waals surface area (Å²) >= 11 is 0. The van der Waals surface area contributed by atoms with Crippen molar-refractivity contribution in [2.45, 2.75) is 0 Å². The highest BCUT2D eigenvalue weighted by Gasteiger charge is 2.15. The SMILES string of the molecule is COc1ccc(-c2ccc3[nH]nc(-c4ccnc(N5CCOCC5)c4)c3c2)cn1. The fraction of sp³-hybridized carbons (Fsp3) is 0.227. The molecule has 29 heavy (non-hydrogen) atoms. The summed E-state index contributed by atoms with van der Waals surface area (Å²) in [5, 5.41) is 8.79. The molecule has 0 saturated carbocycles. The van der Waals surface area contributed by atoms with Crippen molar-refractivity contribution in [3.8, 4) is 28.3 Å². The van der Waals surface area contributed by atoms with Gasteiger partial charge in [0.05, 0.1) is 25.8 Å². The monoisotopic (exact) mass is 387 g/mol. The molecule has 0 radical (unpaired) electrons. The lowest BCUT2D eigenvalue weighted by Gasteiger charge is -2.27. The lowest BCUT2D eigenvalue weighted by atomic mass is 10.0. The summed E-state index contributed by atoms with van der Waals surface area (Å²) in [5.74, 6) is 1.56. The van der Waals surface area contributed by atoms with Crippen molar-refractivity contribution in [3.05, 3.63) is 54.9 Å². The number of benzene rings is 1. The first-order valence-corrected chi connectivity index (χ1v) is 9.59. The molecule has 0 unspecified atom stereocenters. The Balaban J connectivity index is 1.53. The Kier molecular flexibility index (Phi) is 4.57. The number of ether oxygens (including phenoxy) is 2. The van der Waals surface area contributed by atoms with Gasteiger partial charge >= 0.3 is 0 Å². The van der Waals surface area contributed by atoms with Crippen molar-refractivity contribution in [1.82, 2.24) is 20.2 Å². The van der Waals surface area contributed by atoms with Gasteiger partial charge in [-0.15, -0.1) is 0 Å². The van der Waals surface area contributed by atoms with Crippen LogP contribution in [0.3, 0.4) is 0 Å². The second-order valence-corrected chi connectivity index (χ2v) is 6.92. The maximum Gasteiger partial charge on any atom is 0.212 e. The first-order chi connectivity index (χ1) is 14.3. The molecule has 1 aliphatic heterocycles. The van der Waals surface area contributed by atoms with E-state index in [2.05, 4.69) is 49.3 Å². The smallest absolute Gasteiger partial charge is 0.212 e. The lowest BCUT2D eigenvalue weighted by Crippen LogP contribution is -2.36. The quantitative estimate of drug-likeness (QED) is 0.577. The standard InChI is InChI=1S/C22H21N5O2/c1-28-21-5-3-17(14-24-21)15-2-4-19-18(12-15)22(26-25-19)16-6-7-23-20(13-16)27-8-10-29-11-9-27/h2-7,12-14H,8-11H2,1H3,(H,25,26). The minimum absolute atomic E-state index is 0.603. The van der Waals surface area contributed by atoms with Crippen LogP contribution in [0.2, 0.25) is 0 Å². The predicted octanol–water partition coefficient (Wildman–Crippen LogP) is 3.53. The molecule has 1 aliphatic rings. The van der Waals surface area contributed by atoms with Crippen LogP contribution >= 0.6 is 0 Å². The highest BCUT2D eigenvalue weighted by Crippen LogP contribution is 2.31. The van der Waals surface area contributed by atoms with Crippen LogP contribution in [0, 0.1) is 0 Å². The average Bonchev–Trinajstić information content (AvgIpc) is 3.23. The van der Waals surface area contributed by atoms with Crippen molar-refractivity contribution >= 4 is 16.7 Å². The summed E-state index contributed by atoms with van der Waals surface area (Å²) < 4.78 is 10.6. The minimum atomic E-state index is 0.603. The number of H-pyrrole nitrogens is 1. The van der Waals surface area contributed by atoms with E-state index >= 15 is 0 Å². The van der Waals surface area contributed by atoms with Crippen LogP contribution in [-0.2, 0) is 4.74 Å². The van der Waals surface area contributed by atoms with E-state index < -0.39 is 0 Å². The van der Waals surface area contributed by atoms with Gasteiger partial charge in [0.15, 0.2) is 0 Å². The molecule has 7 nitrogen and oxygen atoms in total. The lowest BCUT2D eigenvalue weighted by molar-refractivity contribution is 0.122. The Morgan fingerprint density at radius 1 is 0.966 bits per heavy atom. The topological polar surface area (TPSA) is 76.2 Å². The maximum absolute atomic E-state index is 5.45. The first kappa shape index (κ1) is 17.6. The number of aromatic amines is 1. The maximum atomic E-state index is 5.45. The summed E-state index contributed by atoms with van der Waals surface area (Å²) in [6, 6.07) is 14.2. The van der Waals surface area contributed by atoms with Gasteiger partial charge in [-0.25, -0.2) is 9.97 Å². The molecule has 7 heteroatoms. The highest BCUT2D eigenvalue weighted by atomic mass is 16.5. The highest BCUT2D eigenvalue weighted by molar-refractivity contribution is 5.95. The third-order valence-corrected chi connectivity index (χ3v) is 5.20. The summed E-state index contributed by atoms with van der Waals surface area (Å²) in [6.45, 7) is 3.17. The van der Waals surface area contributed by atoms with Gasteiger partial charge in [0.1, 0.15) is 11.5 Å². The van der Waals surface area contributed by atoms with Crippen LogP contribution in [0.5, 0.6) is 5.88 Å². The van der Waals surface area contributed by atoms with Gasteiger partial charge in [-0.05, 0) is 35.9 Å². The molecule has 0 amide bonds. The number of nitrogens with zero attached hydrogens (tertiary/aromatic N) is 4. The van der Waals surface area contributed by atoms with E-state index in [9.17, 15) is 0 Å². The van der Waals surface area contributed by atoms with E-state index in [-0.39, 0.29) is 0 Å². The summed E-state index contributed by atoms with van der Waals surface area (Å²) in [6.07, 6.45) is 3.67. The first-order valence-electron chi connectivity index (χ1n) is 9.59. The summed E-state index contributed by atoms with van der Waals surface area (Å²) in [7, 11) is 1.62. The van der Waals surface area contributed by atoms with Gasteiger partial charge in [0.2, 0.25) is 5.88 Å². The largest absolute Gasteiger partial charge is 0.481 e. The zero-order valence-electron chi connectivity index (χ0n) is 16.1. The molecule has 5 rings (SSSR count). The van der Waals surface area contributed by atoms with E-state index in [0.717, 1.165) is 65.4 Å². The molecule has 3 aromatic heterocycles. The number of hydrogen-bond donors (Lipinski definition) is 1. The van der Waals surface area contributed by atoms with Crippen LogP contribution in [0.4, 0.5) is 5.82 Å². The molecule has 146 valence electrons. The zero-order valence-corrected chi connectivity index (χ0v) is 16.1. The number of methoxy groups -OCH3 is 1. The minimum Gasteiger partial charge on any atom is -0.481 e. The van der Waals surface area contributed by atoms with Crippen LogP contribution in [0.15, 0.2) is 54.9 Å². The molecular formula is C22H21N5O2. The Hall–Kier alpha value is -3.45. The van der Waals surface area contributed by atoms with Crippen molar-refractivity contribution in [1.29, 1.82) is 0 Å². The van der Waals surface area contributed by atoms with Crippen LogP contribution in [0.25, 0.3) is 33.3 Å². The number of aromatic nitrogens is 4. The second-order valence-electron chi connectivity index (χ2n) is 6.92. The van der Waals surface area contributed by atoms with E-state index in [1.165, 1.54) is 0 Å². The van der Waals surface area contributed by atoms with Gasteiger partial charge in [0.25, 0.3) is 0 Å². The number of nitrogens with one attached hydrogen (secondary N) is 1. The van der Waals surface area contributed by atoms with Crippen molar-refractivity contribution in [2.24, 2.45) is 0 Å². The number of morpholine rings is 1. The van der Waals surface area contributed by atoms with Gasteiger partial charge in [-0.2, -0.15) is 5.10 Å². The fourth-order valence-electron chi connectivity index (χ4n) is 3.62. The van der Waals surface area contributed by atoms with Crippen LogP contribution in [-0.4, -0.2) is 53.6 Å². The van der Waals surface area contributed by atoms with Crippen molar-refractivity contribution in [3.63, 3.8) is 0 Å². The van der Waals surface area contributed by atoms with E-state index in [1.54, 1.807) is 7.11 Å². The molecule has 4 aromatic rings. The molecule has 1 fully saturated rings. The molecule has 0 atom stereocenters. The molecule has 4 heterocycles. The number of hydrogen-bond acceptors (Lipinski definition) is 6. The molecule has 1 N–H and O–H groups in total. The van der Waals surface area contributed by atoms with Gasteiger partial charge in [-0.1, -0.05) is 6.07 Å². The van der Waals surface area contributed by atoms with Crippen molar-refractivity contribution in [2.75, 3.05) is 38.3 Å². The van der Waals surface area contributed by atoms with Crippen LogP contribution in [0.1, 0.15) is 0 Å². The molecule has 0 aliphatic carbocycles. The Labute approximate surface area is 168 Å². The average molecular weight is 387 g/mol. The predicted molar refractivity (Wildman–Crippen MR) is 112 cm³/mol. The number of rotatable bonds is 4. The third kappa shape index (κ3) is 3.40. The van der Waals surface area contributed by atoms with Gasteiger partial charge in [0, 0.05) is 48.1 Å². The third-order valence-electron chi connectivity index (χ3n) is 5.20. The van der Waals surface area contributed by atoms with Gasteiger partial charge in [-0.3, -0.25) is 5.10 Å². The summed E-state index contributed by atoms with van der Waals surface area (Å²) in [4.78, 5) is 11.1. The molecule has 0 spiro atoms. The van der Waals surface area contributed by atoms with Crippen molar-refractivity contribution < 1.29 is 9.47 Å². The van der Waals surface area contributed by atoms with E-state index in [4.69, 9.17) is 9.47 Å². The van der Waals surface area contributed by atoms with E-state index in [0.29, 0.717) is 5.88 Å². The zero-order chi connectivity index (χ0) is 19.6.